The molecule has 0 spiro atoms. The van der Waals surface area contributed by atoms with Gasteiger partial charge < -0.3 is 14.6 Å². The third kappa shape index (κ3) is 4.18. The second kappa shape index (κ2) is 7.22. The van der Waals surface area contributed by atoms with Crippen molar-refractivity contribution < 1.29 is 24.2 Å². The zero-order valence-corrected chi connectivity index (χ0v) is 10.1. The van der Waals surface area contributed by atoms with E-state index in [4.69, 9.17) is 14.6 Å². The molecule has 94 valence electrons. The first kappa shape index (κ1) is 14.9. The summed E-state index contributed by atoms with van der Waals surface area (Å²) in [6.45, 7) is 3.82. The minimum atomic E-state index is -1.44. The summed E-state index contributed by atoms with van der Waals surface area (Å²) in [5.74, 6) is -1.80. The minimum Gasteiger partial charge on any atom is -0.480 e. The summed E-state index contributed by atoms with van der Waals surface area (Å²) < 4.78 is 9.64. The lowest BCUT2D eigenvalue weighted by Gasteiger charge is -2.22. The first-order chi connectivity index (χ1) is 7.49. The molecule has 0 rings (SSSR count). The first-order valence-corrected chi connectivity index (χ1v) is 5.38. The van der Waals surface area contributed by atoms with Gasteiger partial charge in [0.25, 0.3) is 0 Å². The van der Waals surface area contributed by atoms with Gasteiger partial charge in [-0.25, -0.2) is 0 Å². The van der Waals surface area contributed by atoms with Crippen molar-refractivity contribution in [3.63, 3.8) is 0 Å². The minimum absolute atomic E-state index is 0.194. The standard InChI is InChI=1S/C11H20O5/c1-4-16-10(14)11(2,9(12)13)7-5-6-8-15-3/h4-8H2,1-3H3,(H,12,13). The fourth-order valence-electron chi connectivity index (χ4n) is 1.31. The highest BCUT2D eigenvalue weighted by atomic mass is 16.5. The number of ether oxygens (including phenoxy) is 2. The topological polar surface area (TPSA) is 72.8 Å². The molecule has 16 heavy (non-hydrogen) atoms. The van der Waals surface area contributed by atoms with Gasteiger partial charge in [0.1, 0.15) is 0 Å². The highest BCUT2D eigenvalue weighted by molar-refractivity contribution is 5.98. The summed E-state index contributed by atoms with van der Waals surface area (Å²) in [4.78, 5) is 22.6. The van der Waals surface area contributed by atoms with E-state index in [0.29, 0.717) is 13.0 Å². The number of carboxylic acid groups (broad SMARTS) is 1. The van der Waals surface area contributed by atoms with Crippen LogP contribution in [-0.4, -0.2) is 37.4 Å². The number of carbonyl (C=O) groups excluding carboxylic acids is 1. The van der Waals surface area contributed by atoms with E-state index < -0.39 is 17.4 Å². The van der Waals surface area contributed by atoms with Gasteiger partial charge in [0.2, 0.25) is 0 Å². The summed E-state index contributed by atoms with van der Waals surface area (Å²) in [6, 6.07) is 0. The molecule has 5 heteroatoms. The molecule has 0 amide bonds. The van der Waals surface area contributed by atoms with Gasteiger partial charge in [-0.2, -0.15) is 0 Å². The number of esters is 1. The van der Waals surface area contributed by atoms with Gasteiger partial charge in [0, 0.05) is 13.7 Å². The van der Waals surface area contributed by atoms with Crippen LogP contribution in [0.2, 0.25) is 0 Å². The van der Waals surface area contributed by atoms with Crippen molar-refractivity contribution in [2.45, 2.75) is 33.1 Å². The lowest BCUT2D eigenvalue weighted by Crippen LogP contribution is -2.38. The number of unbranched alkanes of at least 4 members (excludes halogenated alkanes) is 1. The summed E-state index contributed by atoms with van der Waals surface area (Å²) in [6.07, 6.45) is 1.62. The molecule has 0 aliphatic heterocycles. The Labute approximate surface area is 95.7 Å². The summed E-state index contributed by atoms with van der Waals surface area (Å²) in [5.41, 5.74) is -1.44. The molecule has 0 aromatic heterocycles. The fraction of sp³-hybridized carbons (Fsp3) is 0.818. The predicted octanol–water partition coefficient (Wildman–Crippen LogP) is 1.46. The Morgan fingerprint density at radius 2 is 1.94 bits per heavy atom. The Hall–Kier alpha value is -1.10. The Morgan fingerprint density at radius 1 is 1.31 bits per heavy atom. The van der Waals surface area contributed by atoms with Gasteiger partial charge in [0.15, 0.2) is 5.41 Å². The van der Waals surface area contributed by atoms with Crippen LogP contribution in [0.15, 0.2) is 0 Å². The largest absolute Gasteiger partial charge is 0.480 e. The van der Waals surface area contributed by atoms with Crippen LogP contribution in [0.4, 0.5) is 0 Å². The van der Waals surface area contributed by atoms with Crippen LogP contribution in [0.1, 0.15) is 33.1 Å². The van der Waals surface area contributed by atoms with Crippen LogP contribution in [0.5, 0.6) is 0 Å². The van der Waals surface area contributed by atoms with Crippen LogP contribution in [0.25, 0.3) is 0 Å². The number of hydrogen-bond donors (Lipinski definition) is 1. The van der Waals surface area contributed by atoms with Gasteiger partial charge in [0.05, 0.1) is 6.61 Å². The normalized spacial score (nSPS) is 14.2. The zero-order chi connectivity index (χ0) is 12.6. The van der Waals surface area contributed by atoms with Crippen LogP contribution in [-0.2, 0) is 19.1 Å². The zero-order valence-electron chi connectivity index (χ0n) is 10.1. The highest BCUT2D eigenvalue weighted by Crippen LogP contribution is 2.26. The van der Waals surface area contributed by atoms with E-state index in [1.165, 1.54) is 6.92 Å². The molecule has 0 aromatic rings. The van der Waals surface area contributed by atoms with Crippen molar-refractivity contribution in [2.75, 3.05) is 20.3 Å². The Balaban J connectivity index is 4.34. The molecule has 0 aliphatic rings. The third-order valence-corrected chi connectivity index (χ3v) is 2.47. The number of methoxy groups -OCH3 is 1. The van der Waals surface area contributed by atoms with Crippen molar-refractivity contribution in [1.82, 2.24) is 0 Å². The number of hydrogen-bond acceptors (Lipinski definition) is 4. The van der Waals surface area contributed by atoms with Gasteiger partial charge in [-0.3, -0.25) is 9.59 Å². The van der Waals surface area contributed by atoms with Crippen molar-refractivity contribution in [1.29, 1.82) is 0 Å². The van der Waals surface area contributed by atoms with Crippen LogP contribution < -0.4 is 0 Å². The Bertz CT molecular complexity index is 239. The summed E-state index contributed by atoms with van der Waals surface area (Å²) >= 11 is 0. The van der Waals surface area contributed by atoms with E-state index in [9.17, 15) is 9.59 Å². The van der Waals surface area contributed by atoms with Crippen molar-refractivity contribution in [3.8, 4) is 0 Å². The molecule has 0 fully saturated rings. The molecule has 0 heterocycles. The second-order valence-electron chi connectivity index (χ2n) is 3.81. The van der Waals surface area contributed by atoms with Crippen LogP contribution in [0.3, 0.4) is 0 Å². The predicted molar refractivity (Wildman–Crippen MR) is 58.1 cm³/mol. The van der Waals surface area contributed by atoms with Crippen molar-refractivity contribution in [3.05, 3.63) is 0 Å². The first-order valence-electron chi connectivity index (χ1n) is 5.38. The molecular weight excluding hydrogens is 212 g/mol. The van der Waals surface area contributed by atoms with Crippen LogP contribution in [0, 0.1) is 5.41 Å². The van der Waals surface area contributed by atoms with E-state index in [-0.39, 0.29) is 13.0 Å². The lowest BCUT2D eigenvalue weighted by atomic mass is 9.85. The monoisotopic (exact) mass is 232 g/mol. The van der Waals surface area contributed by atoms with Crippen molar-refractivity contribution >= 4 is 11.9 Å². The average Bonchev–Trinajstić information content (AvgIpc) is 2.24. The molecule has 1 unspecified atom stereocenters. The number of carbonyl (C=O) groups is 2. The average molecular weight is 232 g/mol. The van der Waals surface area contributed by atoms with E-state index in [0.717, 1.165) is 6.42 Å². The summed E-state index contributed by atoms with van der Waals surface area (Å²) in [7, 11) is 1.59. The van der Waals surface area contributed by atoms with E-state index in [1.54, 1.807) is 14.0 Å². The highest BCUT2D eigenvalue weighted by Gasteiger charge is 2.42. The van der Waals surface area contributed by atoms with E-state index in [1.807, 2.05) is 0 Å². The Morgan fingerprint density at radius 3 is 2.38 bits per heavy atom. The number of rotatable bonds is 8. The SMILES string of the molecule is CCOC(=O)C(C)(CCCCOC)C(=O)O. The van der Waals surface area contributed by atoms with Gasteiger partial charge in [-0.1, -0.05) is 0 Å². The van der Waals surface area contributed by atoms with E-state index >= 15 is 0 Å². The second-order valence-corrected chi connectivity index (χ2v) is 3.81. The maximum absolute atomic E-state index is 11.5. The smallest absolute Gasteiger partial charge is 0.323 e. The molecule has 0 aromatic carbocycles. The van der Waals surface area contributed by atoms with E-state index in [2.05, 4.69) is 0 Å². The van der Waals surface area contributed by atoms with Gasteiger partial charge in [-0.05, 0) is 33.1 Å². The molecule has 0 aliphatic carbocycles. The number of carboxylic acids is 1. The molecule has 0 saturated heterocycles. The lowest BCUT2D eigenvalue weighted by molar-refractivity contribution is -0.167. The molecule has 0 saturated carbocycles. The van der Waals surface area contributed by atoms with Crippen LogP contribution >= 0.6 is 0 Å². The number of aliphatic carboxylic acids is 1. The summed E-state index contributed by atoms with van der Waals surface area (Å²) in [5, 5.41) is 9.05. The third-order valence-electron chi connectivity index (χ3n) is 2.47. The molecular formula is C11H20O5. The van der Waals surface area contributed by atoms with Gasteiger partial charge >= 0.3 is 11.9 Å². The molecule has 1 atom stereocenters. The van der Waals surface area contributed by atoms with Crippen molar-refractivity contribution in [2.24, 2.45) is 5.41 Å². The Kier molecular flexibility index (Phi) is 6.72. The molecule has 0 bridgehead atoms. The maximum Gasteiger partial charge on any atom is 0.323 e. The molecule has 0 radical (unpaired) electrons. The molecule has 5 nitrogen and oxygen atoms in total. The molecule has 1 N–H and O–H groups in total. The quantitative estimate of drug-likeness (QED) is 0.389. The maximum atomic E-state index is 11.5. The van der Waals surface area contributed by atoms with Gasteiger partial charge in [-0.15, -0.1) is 0 Å². The fourth-order valence-corrected chi connectivity index (χ4v) is 1.31.